The third-order valence-electron chi connectivity index (χ3n) is 1.79. The maximum Gasteiger partial charge on any atom is 0.269 e. The van der Waals surface area contributed by atoms with E-state index in [0.717, 1.165) is 5.56 Å². The third kappa shape index (κ3) is 2.95. The molecule has 0 aliphatic rings. The summed E-state index contributed by atoms with van der Waals surface area (Å²) in [6, 6.07) is 5.84. The number of nitrogens with two attached hydrogens (primary N) is 2. The second-order valence-electron chi connectivity index (χ2n) is 2.69. The summed E-state index contributed by atoms with van der Waals surface area (Å²) < 4.78 is 0. The van der Waals surface area contributed by atoms with Crippen molar-refractivity contribution in [3.05, 3.63) is 39.9 Å². The van der Waals surface area contributed by atoms with Crippen LogP contribution in [0.5, 0.6) is 0 Å². The topological polar surface area (TPSA) is 95.2 Å². The largest absolute Gasteiger partial charge is 0.329 e. The van der Waals surface area contributed by atoms with Crippen molar-refractivity contribution in [1.82, 2.24) is 0 Å². The Hall–Kier alpha value is -1.17. The lowest BCUT2D eigenvalue weighted by molar-refractivity contribution is -0.384. The molecule has 0 bridgehead atoms. The molecule has 1 aromatic carbocycles. The highest BCUT2D eigenvalue weighted by Crippen LogP contribution is 2.15. The molecule has 0 aromatic heterocycles. The molecule has 0 radical (unpaired) electrons. The monoisotopic (exact) mass is 217 g/mol. The Bertz CT molecular complexity index is 302. The van der Waals surface area contributed by atoms with Gasteiger partial charge < -0.3 is 11.5 Å². The molecule has 1 rings (SSSR count). The molecule has 0 saturated heterocycles. The van der Waals surface area contributed by atoms with Gasteiger partial charge in [-0.25, -0.2) is 0 Å². The molecular weight excluding hydrogens is 206 g/mol. The van der Waals surface area contributed by atoms with Crippen molar-refractivity contribution in [2.45, 2.75) is 6.04 Å². The minimum atomic E-state index is -0.447. The van der Waals surface area contributed by atoms with Crippen LogP contribution in [-0.4, -0.2) is 11.5 Å². The highest BCUT2D eigenvalue weighted by Gasteiger charge is 2.07. The van der Waals surface area contributed by atoms with Crippen LogP contribution < -0.4 is 11.5 Å². The summed E-state index contributed by atoms with van der Waals surface area (Å²) >= 11 is 0. The van der Waals surface area contributed by atoms with Crippen LogP contribution >= 0.6 is 12.4 Å². The van der Waals surface area contributed by atoms with Gasteiger partial charge in [-0.3, -0.25) is 10.1 Å². The van der Waals surface area contributed by atoms with Crippen LogP contribution in [0.25, 0.3) is 0 Å². The van der Waals surface area contributed by atoms with E-state index < -0.39 is 4.92 Å². The normalized spacial score (nSPS) is 11.6. The average molecular weight is 218 g/mol. The van der Waals surface area contributed by atoms with Crippen LogP contribution in [0.3, 0.4) is 0 Å². The van der Waals surface area contributed by atoms with Gasteiger partial charge in [-0.05, 0) is 5.56 Å². The van der Waals surface area contributed by atoms with Crippen molar-refractivity contribution < 1.29 is 4.92 Å². The van der Waals surface area contributed by atoms with Gasteiger partial charge in [-0.2, -0.15) is 0 Å². The zero-order valence-corrected chi connectivity index (χ0v) is 8.24. The summed E-state index contributed by atoms with van der Waals surface area (Å²) in [4.78, 5) is 9.85. The average Bonchev–Trinajstić information content (AvgIpc) is 2.17. The lowest BCUT2D eigenvalue weighted by atomic mass is 10.1. The molecule has 6 heteroatoms. The van der Waals surface area contributed by atoms with Crippen LogP contribution in [0.1, 0.15) is 11.6 Å². The molecule has 78 valence electrons. The molecular formula is C8H12ClN3O2. The van der Waals surface area contributed by atoms with E-state index in [2.05, 4.69) is 0 Å². The number of benzene rings is 1. The summed E-state index contributed by atoms with van der Waals surface area (Å²) in [7, 11) is 0. The quantitative estimate of drug-likeness (QED) is 0.583. The van der Waals surface area contributed by atoms with Crippen molar-refractivity contribution in [3.63, 3.8) is 0 Å². The zero-order valence-electron chi connectivity index (χ0n) is 7.42. The maximum atomic E-state index is 10.3. The second-order valence-corrected chi connectivity index (χ2v) is 2.69. The molecule has 1 aromatic rings. The van der Waals surface area contributed by atoms with Gasteiger partial charge >= 0.3 is 0 Å². The summed E-state index contributed by atoms with van der Waals surface area (Å²) in [5.74, 6) is 0. The molecule has 0 aliphatic heterocycles. The minimum Gasteiger partial charge on any atom is -0.329 e. The highest BCUT2D eigenvalue weighted by atomic mass is 35.5. The van der Waals surface area contributed by atoms with Gasteiger partial charge in [0.25, 0.3) is 5.69 Å². The number of hydrogen-bond acceptors (Lipinski definition) is 4. The first-order valence-corrected chi connectivity index (χ1v) is 3.85. The number of non-ortho nitro benzene ring substituents is 1. The second kappa shape index (κ2) is 5.54. The van der Waals surface area contributed by atoms with Gasteiger partial charge in [0, 0.05) is 24.7 Å². The predicted octanol–water partition coefficient (Wildman–Crippen LogP) is 0.975. The van der Waals surface area contributed by atoms with E-state index in [1.807, 2.05) is 0 Å². The van der Waals surface area contributed by atoms with E-state index in [1.165, 1.54) is 12.1 Å². The Morgan fingerprint density at radius 3 is 2.21 bits per heavy atom. The molecule has 0 saturated carbocycles. The van der Waals surface area contributed by atoms with Crippen LogP contribution in [0.2, 0.25) is 0 Å². The van der Waals surface area contributed by atoms with Gasteiger partial charge in [0.05, 0.1) is 4.92 Å². The first kappa shape index (κ1) is 12.8. The summed E-state index contributed by atoms with van der Waals surface area (Å²) in [6.45, 7) is 0.331. The van der Waals surface area contributed by atoms with Crippen molar-refractivity contribution in [3.8, 4) is 0 Å². The maximum absolute atomic E-state index is 10.3. The number of halogens is 1. The SMILES string of the molecule is Cl.NC[C@@H](N)c1ccc([N+](=O)[O-])cc1. The van der Waals surface area contributed by atoms with Crippen molar-refractivity contribution >= 4 is 18.1 Å². The predicted molar refractivity (Wildman–Crippen MR) is 56.3 cm³/mol. The van der Waals surface area contributed by atoms with Gasteiger partial charge in [-0.1, -0.05) is 12.1 Å². The van der Waals surface area contributed by atoms with Crippen molar-refractivity contribution in [1.29, 1.82) is 0 Å². The van der Waals surface area contributed by atoms with Gasteiger partial charge in [0.1, 0.15) is 0 Å². The fourth-order valence-corrected chi connectivity index (χ4v) is 0.979. The number of hydrogen-bond donors (Lipinski definition) is 2. The van der Waals surface area contributed by atoms with E-state index in [9.17, 15) is 10.1 Å². The van der Waals surface area contributed by atoms with Crippen molar-refractivity contribution in [2.75, 3.05) is 6.54 Å². The molecule has 4 N–H and O–H groups in total. The molecule has 0 heterocycles. The Morgan fingerprint density at radius 1 is 1.36 bits per heavy atom. The third-order valence-corrected chi connectivity index (χ3v) is 1.79. The van der Waals surface area contributed by atoms with E-state index in [-0.39, 0.29) is 24.1 Å². The summed E-state index contributed by atoms with van der Waals surface area (Å²) in [6.07, 6.45) is 0. The molecule has 1 atom stereocenters. The number of nitro benzene ring substituents is 1. The van der Waals surface area contributed by atoms with E-state index >= 15 is 0 Å². The molecule has 0 unspecified atom stereocenters. The lowest BCUT2D eigenvalue weighted by Gasteiger charge is -2.07. The number of rotatable bonds is 3. The summed E-state index contributed by atoms with van der Waals surface area (Å²) in [5.41, 5.74) is 11.8. The summed E-state index contributed by atoms with van der Waals surface area (Å²) in [5, 5.41) is 10.3. The molecule has 0 amide bonds. The van der Waals surface area contributed by atoms with Gasteiger partial charge in [0.2, 0.25) is 0 Å². The minimum absolute atomic E-state index is 0. The fraction of sp³-hybridized carbons (Fsp3) is 0.250. The van der Waals surface area contributed by atoms with E-state index in [1.54, 1.807) is 12.1 Å². The Labute approximate surface area is 87.6 Å². The standard InChI is InChI=1S/C8H11N3O2.ClH/c9-5-8(10)6-1-3-7(4-2-6)11(12)13;/h1-4,8H,5,9-10H2;1H/t8-;/m1./s1. The van der Waals surface area contributed by atoms with Gasteiger partial charge in [0.15, 0.2) is 0 Å². The van der Waals surface area contributed by atoms with Crippen LogP contribution in [0, 0.1) is 10.1 Å². The van der Waals surface area contributed by atoms with Crippen molar-refractivity contribution in [2.24, 2.45) is 11.5 Å². The first-order valence-electron chi connectivity index (χ1n) is 3.85. The molecule has 0 aliphatic carbocycles. The van der Waals surface area contributed by atoms with E-state index in [0.29, 0.717) is 6.54 Å². The first-order chi connectivity index (χ1) is 6.15. The molecule has 5 nitrogen and oxygen atoms in total. The number of nitrogens with zero attached hydrogens (tertiary/aromatic N) is 1. The molecule has 14 heavy (non-hydrogen) atoms. The molecule has 0 fully saturated rings. The Kier molecular flexibility index (Phi) is 5.07. The smallest absolute Gasteiger partial charge is 0.269 e. The van der Waals surface area contributed by atoms with Crippen LogP contribution in [-0.2, 0) is 0 Å². The zero-order chi connectivity index (χ0) is 9.84. The van der Waals surface area contributed by atoms with Crippen LogP contribution in [0.15, 0.2) is 24.3 Å². The highest BCUT2D eigenvalue weighted by molar-refractivity contribution is 5.85. The van der Waals surface area contributed by atoms with Crippen LogP contribution in [0.4, 0.5) is 5.69 Å². The Morgan fingerprint density at radius 2 is 1.86 bits per heavy atom. The number of nitro groups is 1. The molecule has 0 spiro atoms. The van der Waals surface area contributed by atoms with Gasteiger partial charge in [-0.15, -0.1) is 12.4 Å². The lowest BCUT2D eigenvalue weighted by Crippen LogP contribution is -2.20. The Balaban J connectivity index is 0.00000169. The van der Waals surface area contributed by atoms with E-state index in [4.69, 9.17) is 11.5 Å². The fourth-order valence-electron chi connectivity index (χ4n) is 0.979.